The number of Topliss-reactive ketones (excluding diaryl/α,β-unsaturated/α-hetero) is 1. The summed E-state index contributed by atoms with van der Waals surface area (Å²) >= 11 is 1.49. The fourth-order valence-corrected chi connectivity index (χ4v) is 7.49. The number of aromatic nitrogens is 2. The maximum absolute atomic E-state index is 15.0. The minimum absolute atomic E-state index is 0.0219. The Bertz CT molecular complexity index is 1710. The van der Waals surface area contributed by atoms with Gasteiger partial charge in [0.15, 0.2) is 11.6 Å². The average Bonchev–Trinajstić information content (AvgIpc) is 3.55. The molecule has 0 bridgehead atoms. The minimum Gasteiger partial charge on any atom is -0.453 e. The van der Waals surface area contributed by atoms with Gasteiger partial charge in [0.05, 0.1) is 32.8 Å². The summed E-state index contributed by atoms with van der Waals surface area (Å²) < 4.78 is 21.8. The molecule has 5 heterocycles. The van der Waals surface area contributed by atoms with Crippen LogP contribution in [0.5, 0.6) is 11.5 Å². The standard InChI is InChI=1S/C35H37FN4O4S/c36-28-16-23(15-27(42)14-22-3-4-22)6-8-31(28)44-32-9-11-37-30-17-33(45-34(30)32)29-7-5-24(18-38-29)19-39-12-1-2-25(20-39)35(43)40-13-10-26(41)21-40/h5-9,11,16-18,22,25-26,41H,1-4,10,12-15,19-21H2/t25?,26-/m0/s1. The van der Waals surface area contributed by atoms with Crippen LogP contribution in [0.2, 0.25) is 0 Å². The summed E-state index contributed by atoms with van der Waals surface area (Å²) in [4.78, 5) is 39.5. The van der Waals surface area contributed by atoms with Gasteiger partial charge < -0.3 is 14.7 Å². The summed E-state index contributed by atoms with van der Waals surface area (Å²) in [5, 5.41) is 9.83. The van der Waals surface area contributed by atoms with Crippen LogP contribution in [0.25, 0.3) is 20.8 Å². The molecule has 234 valence electrons. The number of rotatable bonds is 10. The fraction of sp³-hybridized carbons (Fsp3) is 0.429. The molecule has 1 amide bonds. The Kier molecular flexibility index (Phi) is 8.61. The smallest absolute Gasteiger partial charge is 0.227 e. The van der Waals surface area contributed by atoms with E-state index < -0.39 is 11.9 Å². The maximum atomic E-state index is 15.0. The van der Waals surface area contributed by atoms with Crippen molar-refractivity contribution < 1.29 is 23.8 Å². The van der Waals surface area contributed by atoms with Crippen LogP contribution in [0.15, 0.2) is 54.9 Å². The van der Waals surface area contributed by atoms with Gasteiger partial charge in [0.1, 0.15) is 11.5 Å². The fourth-order valence-electron chi connectivity index (χ4n) is 6.44. The first-order valence-electron chi connectivity index (χ1n) is 15.9. The zero-order valence-electron chi connectivity index (χ0n) is 25.2. The molecule has 1 saturated carbocycles. The summed E-state index contributed by atoms with van der Waals surface area (Å²) in [7, 11) is 0. The van der Waals surface area contributed by atoms with E-state index in [0.29, 0.717) is 43.2 Å². The third-order valence-corrected chi connectivity index (χ3v) is 10.2. The highest BCUT2D eigenvalue weighted by Crippen LogP contribution is 2.39. The first-order valence-corrected chi connectivity index (χ1v) is 16.7. The maximum Gasteiger partial charge on any atom is 0.227 e. The molecule has 3 fully saturated rings. The Balaban J connectivity index is 0.999. The molecular formula is C35H37FN4O4S. The molecular weight excluding hydrogens is 591 g/mol. The van der Waals surface area contributed by atoms with Gasteiger partial charge in [-0.05, 0) is 80.0 Å². The average molecular weight is 629 g/mol. The number of halogens is 1. The molecule has 2 atom stereocenters. The van der Waals surface area contributed by atoms with Gasteiger partial charge in [0, 0.05) is 57.5 Å². The number of aliphatic hydroxyl groups is 1. The highest BCUT2D eigenvalue weighted by molar-refractivity contribution is 7.22. The SMILES string of the molecule is O=C(Cc1ccc(Oc2ccnc3cc(-c4ccc(CN5CCCC(C(=O)N6CC[C@H](O)C6)C5)cn4)sc23)c(F)c1)CC1CC1. The van der Waals surface area contributed by atoms with E-state index in [1.54, 1.807) is 24.4 Å². The Morgan fingerprint density at radius 1 is 0.978 bits per heavy atom. The topological polar surface area (TPSA) is 95.9 Å². The first-order chi connectivity index (χ1) is 21.9. The lowest BCUT2D eigenvalue weighted by atomic mass is 9.96. The number of hydrogen-bond donors (Lipinski definition) is 1. The molecule has 1 aliphatic carbocycles. The van der Waals surface area contributed by atoms with Gasteiger partial charge in [-0.2, -0.15) is 0 Å². The molecule has 1 N–H and O–H groups in total. The minimum atomic E-state index is -0.495. The van der Waals surface area contributed by atoms with Gasteiger partial charge >= 0.3 is 0 Å². The van der Waals surface area contributed by atoms with Crippen molar-refractivity contribution in [1.29, 1.82) is 0 Å². The van der Waals surface area contributed by atoms with Gasteiger partial charge in [0.25, 0.3) is 0 Å². The molecule has 1 unspecified atom stereocenters. The lowest BCUT2D eigenvalue weighted by molar-refractivity contribution is -0.136. The van der Waals surface area contributed by atoms with Crippen molar-refractivity contribution in [3.8, 4) is 22.1 Å². The summed E-state index contributed by atoms with van der Waals surface area (Å²) in [6.45, 7) is 3.50. The number of carbonyl (C=O) groups excluding carboxylic acids is 2. The number of amides is 1. The van der Waals surface area contributed by atoms with E-state index in [0.717, 1.165) is 71.7 Å². The van der Waals surface area contributed by atoms with Crippen LogP contribution < -0.4 is 4.74 Å². The lowest BCUT2D eigenvalue weighted by Crippen LogP contribution is -2.44. The summed E-state index contributed by atoms with van der Waals surface area (Å²) in [6, 6.07) is 12.5. The molecule has 0 spiro atoms. The predicted molar refractivity (Wildman–Crippen MR) is 171 cm³/mol. The second-order valence-electron chi connectivity index (χ2n) is 12.7. The van der Waals surface area contributed by atoms with Gasteiger partial charge in [0.2, 0.25) is 5.91 Å². The Morgan fingerprint density at radius 3 is 2.60 bits per heavy atom. The van der Waals surface area contributed by atoms with Crippen LogP contribution in [0.3, 0.4) is 0 Å². The second kappa shape index (κ2) is 12.9. The Hall–Kier alpha value is -3.73. The van der Waals surface area contributed by atoms with Crippen molar-refractivity contribution in [3.63, 3.8) is 0 Å². The lowest BCUT2D eigenvalue weighted by Gasteiger charge is -2.33. The number of fused-ring (bicyclic) bond motifs is 1. The highest BCUT2D eigenvalue weighted by Gasteiger charge is 2.33. The van der Waals surface area contributed by atoms with E-state index in [1.165, 1.54) is 17.4 Å². The van der Waals surface area contributed by atoms with Crippen LogP contribution >= 0.6 is 11.3 Å². The summed E-state index contributed by atoms with van der Waals surface area (Å²) in [5.41, 5.74) is 3.31. The highest BCUT2D eigenvalue weighted by atomic mass is 32.1. The van der Waals surface area contributed by atoms with E-state index in [-0.39, 0.29) is 29.8 Å². The normalized spacial score (nSPS) is 20.5. The second-order valence-corrected chi connectivity index (χ2v) is 13.8. The number of ether oxygens (including phenoxy) is 1. The number of piperidine rings is 1. The van der Waals surface area contributed by atoms with Crippen molar-refractivity contribution in [2.45, 2.75) is 57.6 Å². The molecule has 0 radical (unpaired) electrons. The quantitative estimate of drug-likeness (QED) is 0.230. The van der Waals surface area contributed by atoms with E-state index >= 15 is 0 Å². The van der Waals surface area contributed by atoms with Crippen molar-refractivity contribution >= 4 is 33.2 Å². The predicted octanol–water partition coefficient (Wildman–Crippen LogP) is 6.01. The molecule has 1 aromatic carbocycles. The van der Waals surface area contributed by atoms with Gasteiger partial charge in [-0.1, -0.05) is 12.1 Å². The summed E-state index contributed by atoms with van der Waals surface area (Å²) in [6.07, 6.45) is 8.75. The zero-order valence-corrected chi connectivity index (χ0v) is 26.0. The van der Waals surface area contributed by atoms with Crippen molar-refractivity contribution in [2.75, 3.05) is 26.2 Å². The molecule has 2 saturated heterocycles. The molecule has 8 nitrogen and oxygen atoms in total. The van der Waals surface area contributed by atoms with E-state index in [9.17, 15) is 19.1 Å². The number of β-amino-alcohol motifs (C(OH)–C–C–N with tert-alkyl or cyclic N) is 1. The molecule has 3 aromatic heterocycles. The first kappa shape index (κ1) is 30.0. The number of thiophene rings is 1. The van der Waals surface area contributed by atoms with Gasteiger partial charge in [-0.3, -0.25) is 24.5 Å². The number of hydrogen-bond acceptors (Lipinski definition) is 8. The number of ketones is 1. The number of pyridine rings is 2. The third kappa shape index (κ3) is 7.08. The van der Waals surface area contributed by atoms with Gasteiger partial charge in [-0.25, -0.2) is 4.39 Å². The van der Waals surface area contributed by atoms with Crippen molar-refractivity contribution in [2.24, 2.45) is 11.8 Å². The van der Waals surface area contributed by atoms with Crippen molar-refractivity contribution in [3.05, 3.63) is 71.8 Å². The zero-order chi connectivity index (χ0) is 30.9. The van der Waals surface area contributed by atoms with Gasteiger partial charge in [-0.15, -0.1) is 11.3 Å². The monoisotopic (exact) mass is 628 g/mol. The van der Waals surface area contributed by atoms with Crippen molar-refractivity contribution in [1.82, 2.24) is 19.8 Å². The molecule has 7 rings (SSSR count). The van der Waals surface area contributed by atoms with Crippen LogP contribution in [0.1, 0.15) is 49.7 Å². The molecule has 4 aromatic rings. The van der Waals surface area contributed by atoms with Crippen LogP contribution in [0, 0.1) is 17.7 Å². The number of likely N-dealkylation sites (tertiary alicyclic amines) is 2. The van der Waals surface area contributed by atoms with E-state index in [1.807, 2.05) is 23.2 Å². The molecule has 10 heteroatoms. The number of benzene rings is 1. The van der Waals surface area contributed by atoms with Crippen LogP contribution in [-0.4, -0.2) is 68.8 Å². The number of aliphatic hydroxyl groups excluding tert-OH is 1. The van der Waals surface area contributed by atoms with E-state index in [2.05, 4.69) is 16.0 Å². The third-order valence-electron chi connectivity index (χ3n) is 9.02. The molecule has 45 heavy (non-hydrogen) atoms. The largest absolute Gasteiger partial charge is 0.453 e. The summed E-state index contributed by atoms with van der Waals surface area (Å²) in [5.74, 6) is 0.949. The van der Waals surface area contributed by atoms with Crippen LogP contribution in [0.4, 0.5) is 4.39 Å². The van der Waals surface area contributed by atoms with Crippen LogP contribution in [-0.2, 0) is 22.6 Å². The molecule has 3 aliphatic rings. The van der Waals surface area contributed by atoms with E-state index in [4.69, 9.17) is 9.72 Å². The number of nitrogens with zero attached hydrogens (tertiary/aromatic N) is 4. The Labute approximate surface area is 265 Å². The molecule has 2 aliphatic heterocycles. The number of carbonyl (C=O) groups is 2. The Morgan fingerprint density at radius 2 is 1.84 bits per heavy atom.